The van der Waals surface area contributed by atoms with Crippen molar-refractivity contribution in [3.05, 3.63) is 0 Å². The van der Waals surface area contributed by atoms with Crippen LogP contribution in [0.1, 0.15) is 45.4 Å². The molecule has 0 heterocycles. The Balaban J connectivity index is 2.27. The Labute approximate surface area is 111 Å². The van der Waals surface area contributed by atoms with E-state index in [-0.39, 0.29) is 0 Å². The summed E-state index contributed by atoms with van der Waals surface area (Å²) in [6, 6.07) is 0.540. The summed E-state index contributed by atoms with van der Waals surface area (Å²) in [5, 5.41) is 7.42. The lowest BCUT2D eigenvalue weighted by molar-refractivity contribution is 0.203. The maximum Gasteiger partial charge on any atom is 0.166 e. The first-order valence-corrected chi connectivity index (χ1v) is 7.22. The molecule has 0 bridgehead atoms. The second kappa shape index (κ2) is 8.70. The van der Waals surface area contributed by atoms with Crippen LogP contribution in [0, 0.1) is 5.92 Å². The highest BCUT2D eigenvalue weighted by molar-refractivity contribution is 7.80. The molecule has 2 N–H and O–H groups in total. The van der Waals surface area contributed by atoms with Gasteiger partial charge in [-0.2, -0.15) is 0 Å². The van der Waals surface area contributed by atoms with E-state index in [2.05, 4.69) is 17.6 Å². The molecule has 1 unspecified atom stereocenters. The maximum absolute atomic E-state index is 5.30. The molecule has 1 aliphatic rings. The average Bonchev–Trinajstić information content (AvgIpc) is 2.37. The van der Waals surface area contributed by atoms with E-state index in [4.69, 9.17) is 17.0 Å². The quantitative estimate of drug-likeness (QED) is 0.566. The number of rotatable bonds is 6. The molecule has 0 aliphatic heterocycles. The van der Waals surface area contributed by atoms with Crippen molar-refractivity contribution in [2.75, 3.05) is 20.3 Å². The third-order valence-electron chi connectivity index (χ3n) is 3.57. The molecule has 3 nitrogen and oxygen atoms in total. The van der Waals surface area contributed by atoms with Gasteiger partial charge in [-0.05, 0) is 37.4 Å². The third kappa shape index (κ3) is 5.68. The Bertz CT molecular complexity index is 217. The van der Waals surface area contributed by atoms with Gasteiger partial charge in [0.2, 0.25) is 0 Å². The molecule has 1 saturated carbocycles. The monoisotopic (exact) mass is 258 g/mol. The molecule has 17 heavy (non-hydrogen) atoms. The molecule has 0 radical (unpaired) electrons. The number of hydrogen-bond donors (Lipinski definition) is 2. The van der Waals surface area contributed by atoms with E-state index >= 15 is 0 Å². The second-order valence-corrected chi connectivity index (χ2v) is 5.21. The topological polar surface area (TPSA) is 33.3 Å². The Hall–Kier alpha value is -0.350. The lowest BCUT2D eigenvalue weighted by Crippen LogP contribution is -2.46. The lowest BCUT2D eigenvalue weighted by Gasteiger charge is -2.31. The van der Waals surface area contributed by atoms with E-state index in [1.807, 2.05) is 0 Å². The molecule has 0 aromatic heterocycles. The molecule has 1 aliphatic carbocycles. The largest absolute Gasteiger partial charge is 0.383 e. The zero-order valence-electron chi connectivity index (χ0n) is 11.1. The van der Waals surface area contributed by atoms with Crippen LogP contribution >= 0.6 is 12.2 Å². The normalized spacial score (nSPS) is 18.7. The molecule has 0 spiro atoms. The highest BCUT2D eigenvalue weighted by Gasteiger charge is 2.22. The van der Waals surface area contributed by atoms with Crippen molar-refractivity contribution in [1.82, 2.24) is 10.6 Å². The average molecular weight is 258 g/mol. The molecule has 1 atom stereocenters. The van der Waals surface area contributed by atoms with E-state index in [1.165, 1.54) is 32.1 Å². The first kappa shape index (κ1) is 14.7. The summed E-state index contributed by atoms with van der Waals surface area (Å²) in [4.78, 5) is 0. The van der Waals surface area contributed by atoms with Crippen LogP contribution in [0.15, 0.2) is 0 Å². The van der Waals surface area contributed by atoms with E-state index in [0.29, 0.717) is 12.6 Å². The maximum atomic E-state index is 5.30. The van der Waals surface area contributed by atoms with Crippen molar-refractivity contribution in [3.63, 3.8) is 0 Å². The van der Waals surface area contributed by atoms with Crippen LogP contribution in [-0.2, 0) is 4.74 Å². The number of nitrogens with one attached hydrogen (secondary N) is 2. The predicted molar refractivity (Wildman–Crippen MR) is 76.3 cm³/mol. The standard InChI is InChI=1S/C13H26N2OS/c1-3-12(11-7-5-4-6-8-11)15-13(17)14-9-10-16-2/h11-12H,3-10H2,1-2H3,(H2,14,15,17). The van der Waals surface area contributed by atoms with Crippen LogP contribution in [0.25, 0.3) is 0 Å². The van der Waals surface area contributed by atoms with Gasteiger partial charge in [-0.3, -0.25) is 0 Å². The zero-order chi connectivity index (χ0) is 12.5. The van der Waals surface area contributed by atoms with Gasteiger partial charge in [-0.1, -0.05) is 26.2 Å². The third-order valence-corrected chi connectivity index (χ3v) is 3.83. The fourth-order valence-electron chi connectivity index (χ4n) is 2.58. The van der Waals surface area contributed by atoms with Crippen LogP contribution in [0.2, 0.25) is 0 Å². The fraction of sp³-hybridized carbons (Fsp3) is 0.923. The van der Waals surface area contributed by atoms with Gasteiger partial charge in [0.05, 0.1) is 6.61 Å². The van der Waals surface area contributed by atoms with E-state index < -0.39 is 0 Å². The van der Waals surface area contributed by atoms with Crippen molar-refractivity contribution in [2.45, 2.75) is 51.5 Å². The van der Waals surface area contributed by atoms with Crippen molar-refractivity contribution < 1.29 is 4.74 Å². The number of ether oxygens (including phenoxy) is 1. The van der Waals surface area contributed by atoms with Gasteiger partial charge in [0, 0.05) is 19.7 Å². The van der Waals surface area contributed by atoms with Gasteiger partial charge in [0.25, 0.3) is 0 Å². The van der Waals surface area contributed by atoms with E-state index in [0.717, 1.165) is 24.0 Å². The van der Waals surface area contributed by atoms with Crippen LogP contribution in [0.4, 0.5) is 0 Å². The predicted octanol–water partition coefficient (Wildman–Crippen LogP) is 2.46. The number of methoxy groups -OCH3 is 1. The van der Waals surface area contributed by atoms with Crippen molar-refractivity contribution in [1.29, 1.82) is 0 Å². The van der Waals surface area contributed by atoms with Gasteiger partial charge in [-0.15, -0.1) is 0 Å². The zero-order valence-corrected chi connectivity index (χ0v) is 11.9. The summed E-state index contributed by atoms with van der Waals surface area (Å²) in [5.74, 6) is 0.802. The fourth-order valence-corrected chi connectivity index (χ4v) is 2.83. The second-order valence-electron chi connectivity index (χ2n) is 4.81. The SMILES string of the molecule is CCC(NC(=S)NCCOC)C1CCCCC1. The van der Waals surface area contributed by atoms with Gasteiger partial charge >= 0.3 is 0 Å². The minimum Gasteiger partial charge on any atom is -0.383 e. The number of hydrogen-bond acceptors (Lipinski definition) is 2. The minimum absolute atomic E-state index is 0.540. The Morgan fingerprint density at radius 2 is 2.06 bits per heavy atom. The van der Waals surface area contributed by atoms with Crippen LogP contribution in [-0.4, -0.2) is 31.4 Å². The first-order chi connectivity index (χ1) is 8.27. The summed E-state index contributed by atoms with van der Waals surface area (Å²) in [5.41, 5.74) is 0. The van der Waals surface area contributed by atoms with Crippen molar-refractivity contribution in [2.24, 2.45) is 5.92 Å². The molecule has 1 rings (SSSR count). The van der Waals surface area contributed by atoms with Crippen LogP contribution in [0.5, 0.6) is 0 Å². The first-order valence-electron chi connectivity index (χ1n) is 6.81. The Morgan fingerprint density at radius 1 is 1.35 bits per heavy atom. The Morgan fingerprint density at radius 3 is 2.65 bits per heavy atom. The van der Waals surface area contributed by atoms with Crippen LogP contribution in [0.3, 0.4) is 0 Å². The molecule has 100 valence electrons. The number of thiocarbonyl (C=S) groups is 1. The molecular formula is C13H26N2OS. The summed E-state index contributed by atoms with van der Waals surface area (Å²) in [7, 11) is 1.70. The van der Waals surface area contributed by atoms with Crippen molar-refractivity contribution >= 4 is 17.3 Å². The van der Waals surface area contributed by atoms with Gasteiger partial charge in [0.15, 0.2) is 5.11 Å². The van der Waals surface area contributed by atoms with Gasteiger partial charge < -0.3 is 15.4 Å². The smallest absolute Gasteiger partial charge is 0.166 e. The molecule has 0 aromatic rings. The van der Waals surface area contributed by atoms with Gasteiger partial charge in [-0.25, -0.2) is 0 Å². The van der Waals surface area contributed by atoms with E-state index in [9.17, 15) is 0 Å². The van der Waals surface area contributed by atoms with E-state index in [1.54, 1.807) is 7.11 Å². The Kier molecular flexibility index (Phi) is 7.53. The molecule has 1 fully saturated rings. The minimum atomic E-state index is 0.540. The summed E-state index contributed by atoms with van der Waals surface area (Å²) in [6.45, 7) is 3.72. The summed E-state index contributed by atoms with van der Waals surface area (Å²) >= 11 is 5.30. The summed E-state index contributed by atoms with van der Waals surface area (Å²) < 4.78 is 4.99. The highest BCUT2D eigenvalue weighted by Crippen LogP contribution is 2.27. The molecule has 0 saturated heterocycles. The van der Waals surface area contributed by atoms with Crippen molar-refractivity contribution in [3.8, 4) is 0 Å². The molecular weight excluding hydrogens is 232 g/mol. The van der Waals surface area contributed by atoms with Crippen LogP contribution < -0.4 is 10.6 Å². The molecule has 0 amide bonds. The summed E-state index contributed by atoms with van der Waals surface area (Å²) in [6.07, 6.45) is 8.03. The molecule has 4 heteroatoms. The highest BCUT2D eigenvalue weighted by atomic mass is 32.1. The molecule has 0 aromatic carbocycles. The van der Waals surface area contributed by atoms with Gasteiger partial charge in [0.1, 0.15) is 0 Å². The lowest BCUT2D eigenvalue weighted by atomic mass is 9.83.